The average Bonchev–Trinajstić information content (AvgIpc) is 2.48. The van der Waals surface area contributed by atoms with Gasteiger partial charge in [0.15, 0.2) is 0 Å². The van der Waals surface area contributed by atoms with Gasteiger partial charge in [0.05, 0.1) is 0 Å². The molecule has 114 valence electrons. The first-order valence-electron chi connectivity index (χ1n) is 7.04. The van der Waals surface area contributed by atoms with Gasteiger partial charge >= 0.3 is 11.9 Å². The Morgan fingerprint density at radius 1 is 1.09 bits per heavy atom. The summed E-state index contributed by atoms with van der Waals surface area (Å²) in [6, 6.07) is 9.08. The van der Waals surface area contributed by atoms with E-state index in [1.807, 2.05) is 31.2 Å². The van der Waals surface area contributed by atoms with Gasteiger partial charge in [0.2, 0.25) is 0 Å². The minimum Gasteiger partial charge on any atom is -0.426 e. The number of esters is 2. The van der Waals surface area contributed by atoms with Crippen LogP contribution in [0.3, 0.4) is 0 Å². The molecule has 0 saturated heterocycles. The molecular weight excluding hydrogens is 280 g/mol. The minimum absolute atomic E-state index is 0.329. The second kappa shape index (κ2) is 6.43. The van der Waals surface area contributed by atoms with Crippen LogP contribution in [0, 0.1) is 0 Å². The first-order chi connectivity index (χ1) is 10.4. The maximum absolute atomic E-state index is 11.9. The van der Waals surface area contributed by atoms with Crippen molar-refractivity contribution in [1.82, 2.24) is 0 Å². The van der Waals surface area contributed by atoms with E-state index in [9.17, 15) is 9.59 Å². The molecule has 0 aliphatic heterocycles. The lowest BCUT2D eigenvalue weighted by molar-refractivity contribution is -0.132. The van der Waals surface area contributed by atoms with Crippen molar-refractivity contribution in [2.45, 2.75) is 27.2 Å². The number of rotatable bonds is 4. The maximum Gasteiger partial charge on any atom is 0.338 e. The molecule has 0 N–H and O–H groups in total. The Balaban J connectivity index is 2.67. The minimum atomic E-state index is -0.472. The summed E-state index contributed by atoms with van der Waals surface area (Å²) in [6.45, 7) is 8.50. The highest BCUT2D eigenvalue weighted by Gasteiger charge is 2.17. The van der Waals surface area contributed by atoms with E-state index in [1.54, 1.807) is 13.0 Å². The lowest BCUT2D eigenvalue weighted by Crippen LogP contribution is -2.11. The SMILES string of the molecule is C=C(C)C(=O)Oc1c(CC)cc(OC(C)=O)c2ccccc12. The Hall–Kier alpha value is -2.62. The fraction of sp³-hybridized carbons (Fsp3) is 0.222. The summed E-state index contributed by atoms with van der Waals surface area (Å²) < 4.78 is 10.8. The van der Waals surface area contributed by atoms with E-state index in [0.29, 0.717) is 23.5 Å². The van der Waals surface area contributed by atoms with Gasteiger partial charge in [0.1, 0.15) is 11.5 Å². The molecule has 2 aromatic carbocycles. The molecule has 0 bridgehead atoms. The van der Waals surface area contributed by atoms with Crippen LogP contribution in [0.2, 0.25) is 0 Å². The van der Waals surface area contributed by atoms with E-state index in [2.05, 4.69) is 6.58 Å². The van der Waals surface area contributed by atoms with Gasteiger partial charge in [-0.3, -0.25) is 4.79 Å². The number of carbonyl (C=O) groups is 2. The van der Waals surface area contributed by atoms with Crippen LogP contribution in [0.15, 0.2) is 42.5 Å². The summed E-state index contributed by atoms with van der Waals surface area (Å²) in [5.74, 6) is 0.0936. The number of carbonyl (C=O) groups excluding carboxylic acids is 2. The van der Waals surface area contributed by atoms with Crippen molar-refractivity contribution in [1.29, 1.82) is 0 Å². The highest BCUT2D eigenvalue weighted by Crippen LogP contribution is 2.37. The van der Waals surface area contributed by atoms with Crippen molar-refractivity contribution in [2.24, 2.45) is 0 Å². The molecule has 0 aliphatic carbocycles. The highest BCUT2D eigenvalue weighted by molar-refractivity contribution is 5.98. The van der Waals surface area contributed by atoms with Crippen LogP contribution in [-0.2, 0) is 16.0 Å². The number of aryl methyl sites for hydroxylation is 1. The molecule has 0 heterocycles. The predicted octanol–water partition coefficient (Wildman–Crippen LogP) is 3.81. The molecule has 0 fully saturated rings. The fourth-order valence-corrected chi connectivity index (χ4v) is 2.17. The highest BCUT2D eigenvalue weighted by atomic mass is 16.5. The zero-order valence-electron chi connectivity index (χ0n) is 12.9. The molecule has 0 saturated carbocycles. The summed E-state index contributed by atoms with van der Waals surface area (Å²) in [6.07, 6.45) is 0.637. The first kappa shape index (κ1) is 15.8. The number of ether oxygens (including phenoxy) is 2. The maximum atomic E-state index is 11.9. The van der Waals surface area contributed by atoms with Crippen LogP contribution < -0.4 is 9.47 Å². The molecule has 0 unspecified atom stereocenters. The molecule has 2 rings (SSSR count). The van der Waals surface area contributed by atoms with Crippen molar-refractivity contribution in [2.75, 3.05) is 0 Å². The molecule has 0 spiro atoms. The lowest BCUT2D eigenvalue weighted by Gasteiger charge is -2.15. The van der Waals surface area contributed by atoms with Crippen LogP contribution in [-0.4, -0.2) is 11.9 Å². The Bertz CT molecular complexity index is 759. The molecule has 0 radical (unpaired) electrons. The van der Waals surface area contributed by atoms with E-state index in [-0.39, 0.29) is 5.97 Å². The van der Waals surface area contributed by atoms with Gasteiger partial charge in [-0.25, -0.2) is 4.79 Å². The zero-order chi connectivity index (χ0) is 16.3. The number of benzene rings is 2. The van der Waals surface area contributed by atoms with Gasteiger partial charge in [0.25, 0.3) is 0 Å². The quantitative estimate of drug-likeness (QED) is 0.489. The largest absolute Gasteiger partial charge is 0.426 e. The Labute approximate surface area is 129 Å². The topological polar surface area (TPSA) is 52.6 Å². The predicted molar refractivity (Wildman–Crippen MR) is 85.1 cm³/mol. The Morgan fingerprint density at radius 3 is 2.27 bits per heavy atom. The van der Waals surface area contributed by atoms with Crippen LogP contribution in [0.25, 0.3) is 10.8 Å². The third kappa shape index (κ3) is 3.17. The number of hydrogen-bond donors (Lipinski definition) is 0. The second-order valence-corrected chi connectivity index (χ2v) is 5.03. The smallest absolute Gasteiger partial charge is 0.338 e. The molecule has 0 atom stereocenters. The molecule has 0 aromatic heterocycles. The molecular formula is C18H18O4. The van der Waals surface area contributed by atoms with E-state index >= 15 is 0 Å². The Kier molecular flexibility index (Phi) is 4.61. The number of hydrogen-bond acceptors (Lipinski definition) is 4. The van der Waals surface area contributed by atoms with E-state index in [4.69, 9.17) is 9.47 Å². The third-order valence-electron chi connectivity index (χ3n) is 3.21. The van der Waals surface area contributed by atoms with E-state index in [1.165, 1.54) is 6.92 Å². The Morgan fingerprint density at radius 2 is 1.73 bits per heavy atom. The summed E-state index contributed by atoms with van der Waals surface area (Å²) in [7, 11) is 0. The van der Waals surface area contributed by atoms with Gasteiger partial charge in [-0.05, 0) is 25.0 Å². The van der Waals surface area contributed by atoms with Crippen LogP contribution >= 0.6 is 0 Å². The van der Waals surface area contributed by atoms with Gasteiger partial charge in [-0.15, -0.1) is 0 Å². The van der Waals surface area contributed by atoms with Gasteiger partial charge in [-0.2, -0.15) is 0 Å². The first-order valence-corrected chi connectivity index (χ1v) is 7.04. The fourth-order valence-electron chi connectivity index (χ4n) is 2.17. The van der Waals surface area contributed by atoms with Crippen LogP contribution in [0.4, 0.5) is 0 Å². The molecule has 0 amide bonds. The van der Waals surface area contributed by atoms with E-state index in [0.717, 1.165) is 16.3 Å². The zero-order valence-corrected chi connectivity index (χ0v) is 12.9. The monoisotopic (exact) mass is 298 g/mol. The van der Waals surface area contributed by atoms with Crippen molar-refractivity contribution < 1.29 is 19.1 Å². The van der Waals surface area contributed by atoms with Gasteiger partial charge in [-0.1, -0.05) is 37.8 Å². The molecule has 22 heavy (non-hydrogen) atoms. The summed E-state index contributed by atoms with van der Waals surface area (Å²) in [5.41, 5.74) is 1.12. The molecule has 4 nitrogen and oxygen atoms in total. The van der Waals surface area contributed by atoms with Crippen molar-refractivity contribution in [3.63, 3.8) is 0 Å². The average molecular weight is 298 g/mol. The normalized spacial score (nSPS) is 10.3. The third-order valence-corrected chi connectivity index (χ3v) is 3.21. The number of fused-ring (bicyclic) bond motifs is 1. The summed E-state index contributed by atoms with van der Waals surface area (Å²) >= 11 is 0. The summed E-state index contributed by atoms with van der Waals surface area (Å²) in [4.78, 5) is 23.2. The van der Waals surface area contributed by atoms with Crippen molar-refractivity contribution in [3.05, 3.63) is 48.0 Å². The van der Waals surface area contributed by atoms with Crippen molar-refractivity contribution in [3.8, 4) is 11.5 Å². The van der Waals surface area contributed by atoms with Crippen molar-refractivity contribution >= 4 is 22.7 Å². The molecule has 4 heteroatoms. The standard InChI is InChI=1S/C18H18O4/c1-5-13-10-16(21-12(4)19)14-8-6-7-9-15(14)17(13)22-18(20)11(2)3/h6-10H,2,5H2,1,3-4H3. The van der Waals surface area contributed by atoms with E-state index < -0.39 is 5.97 Å². The lowest BCUT2D eigenvalue weighted by atomic mass is 10.0. The van der Waals surface area contributed by atoms with Crippen LogP contribution in [0.1, 0.15) is 26.3 Å². The van der Waals surface area contributed by atoms with Gasteiger partial charge < -0.3 is 9.47 Å². The summed E-state index contributed by atoms with van der Waals surface area (Å²) in [5, 5.41) is 1.45. The van der Waals surface area contributed by atoms with Crippen LogP contribution in [0.5, 0.6) is 11.5 Å². The second-order valence-electron chi connectivity index (χ2n) is 5.03. The molecule has 2 aromatic rings. The molecule has 0 aliphatic rings. The van der Waals surface area contributed by atoms with Gasteiger partial charge in [0, 0.05) is 23.3 Å².